The van der Waals surface area contributed by atoms with Crippen LogP contribution < -0.4 is 11.1 Å². The van der Waals surface area contributed by atoms with Gasteiger partial charge in [-0.25, -0.2) is 4.79 Å². The van der Waals surface area contributed by atoms with Crippen molar-refractivity contribution in [2.75, 3.05) is 7.11 Å². The van der Waals surface area contributed by atoms with Crippen molar-refractivity contribution in [1.82, 2.24) is 5.32 Å². The smallest absolute Gasteiger partial charge is 0.337 e. The summed E-state index contributed by atoms with van der Waals surface area (Å²) in [7, 11) is 1.34. The Morgan fingerprint density at radius 2 is 1.89 bits per heavy atom. The van der Waals surface area contributed by atoms with E-state index in [9.17, 15) is 9.59 Å². The minimum absolute atomic E-state index is 0.188. The van der Waals surface area contributed by atoms with Gasteiger partial charge in [-0.15, -0.1) is 0 Å². The molecule has 0 fully saturated rings. The molecule has 19 heavy (non-hydrogen) atoms. The molecule has 0 aliphatic rings. The molecule has 0 bridgehead atoms. The van der Waals surface area contributed by atoms with Crippen LogP contribution in [0.5, 0.6) is 0 Å². The highest BCUT2D eigenvalue weighted by Crippen LogP contribution is 2.08. The third kappa shape index (κ3) is 4.06. The van der Waals surface area contributed by atoms with E-state index < -0.39 is 5.54 Å². The zero-order valence-electron chi connectivity index (χ0n) is 11.5. The van der Waals surface area contributed by atoms with Crippen molar-refractivity contribution in [2.45, 2.75) is 32.4 Å². The Morgan fingerprint density at radius 3 is 2.37 bits per heavy atom. The molecule has 0 aromatic heterocycles. The molecule has 1 amide bonds. The van der Waals surface area contributed by atoms with Crippen LogP contribution in [0.2, 0.25) is 0 Å². The first kappa shape index (κ1) is 15.2. The van der Waals surface area contributed by atoms with Crippen molar-refractivity contribution in [1.29, 1.82) is 0 Å². The number of carbonyl (C=O) groups is 2. The summed E-state index contributed by atoms with van der Waals surface area (Å²) in [6.45, 7) is 3.94. The fraction of sp³-hybridized carbons (Fsp3) is 0.429. The van der Waals surface area contributed by atoms with E-state index in [0.29, 0.717) is 18.5 Å². The van der Waals surface area contributed by atoms with E-state index in [1.54, 1.807) is 31.2 Å². The van der Waals surface area contributed by atoms with E-state index in [0.717, 1.165) is 5.56 Å². The van der Waals surface area contributed by atoms with Gasteiger partial charge in [0.2, 0.25) is 5.91 Å². The molecule has 1 atom stereocenters. The zero-order valence-corrected chi connectivity index (χ0v) is 11.5. The van der Waals surface area contributed by atoms with Crippen LogP contribution in [0.15, 0.2) is 24.3 Å². The Bertz CT molecular complexity index is 452. The van der Waals surface area contributed by atoms with Crippen molar-refractivity contribution in [3.63, 3.8) is 0 Å². The topological polar surface area (TPSA) is 81.4 Å². The van der Waals surface area contributed by atoms with Gasteiger partial charge in [-0.2, -0.15) is 0 Å². The van der Waals surface area contributed by atoms with Crippen molar-refractivity contribution >= 4 is 11.9 Å². The van der Waals surface area contributed by atoms with Gasteiger partial charge in [0, 0.05) is 6.54 Å². The summed E-state index contributed by atoms with van der Waals surface area (Å²) in [6, 6.07) is 6.86. The molecule has 0 heterocycles. The normalized spacial score (nSPS) is 13.5. The minimum atomic E-state index is -0.855. The number of amides is 1. The highest BCUT2D eigenvalue weighted by molar-refractivity contribution is 5.89. The van der Waals surface area contributed by atoms with E-state index >= 15 is 0 Å². The van der Waals surface area contributed by atoms with Crippen molar-refractivity contribution in [2.24, 2.45) is 5.73 Å². The third-order valence-corrected chi connectivity index (χ3v) is 3.08. The lowest BCUT2D eigenvalue weighted by atomic mass is 9.99. The average Bonchev–Trinajstić information content (AvgIpc) is 2.44. The van der Waals surface area contributed by atoms with Gasteiger partial charge in [0.25, 0.3) is 0 Å². The molecule has 0 saturated carbocycles. The monoisotopic (exact) mass is 264 g/mol. The predicted octanol–water partition coefficient (Wildman–Crippen LogP) is 1.22. The fourth-order valence-corrected chi connectivity index (χ4v) is 1.42. The van der Waals surface area contributed by atoms with Crippen molar-refractivity contribution in [3.05, 3.63) is 35.4 Å². The number of hydrogen-bond acceptors (Lipinski definition) is 4. The van der Waals surface area contributed by atoms with Crippen LogP contribution in [0.4, 0.5) is 0 Å². The van der Waals surface area contributed by atoms with Crippen LogP contribution in [0, 0.1) is 0 Å². The Labute approximate surface area is 113 Å². The highest BCUT2D eigenvalue weighted by atomic mass is 16.5. The second kappa shape index (κ2) is 6.33. The molecule has 0 radical (unpaired) electrons. The molecular weight excluding hydrogens is 244 g/mol. The lowest BCUT2D eigenvalue weighted by Gasteiger charge is -2.21. The molecule has 104 valence electrons. The molecule has 0 aliphatic heterocycles. The summed E-state index contributed by atoms with van der Waals surface area (Å²) in [6.07, 6.45) is 0.570. The van der Waals surface area contributed by atoms with Crippen LogP contribution in [0.25, 0.3) is 0 Å². The Morgan fingerprint density at radius 1 is 1.32 bits per heavy atom. The third-order valence-electron chi connectivity index (χ3n) is 3.08. The Hall–Kier alpha value is -1.88. The number of methoxy groups -OCH3 is 1. The molecule has 1 aromatic rings. The van der Waals surface area contributed by atoms with Gasteiger partial charge in [-0.1, -0.05) is 19.1 Å². The van der Waals surface area contributed by atoms with Gasteiger partial charge in [-0.3, -0.25) is 4.79 Å². The first-order valence-corrected chi connectivity index (χ1v) is 6.15. The molecule has 5 heteroatoms. The van der Waals surface area contributed by atoms with Crippen LogP contribution in [-0.2, 0) is 16.1 Å². The number of rotatable bonds is 5. The number of benzene rings is 1. The van der Waals surface area contributed by atoms with E-state index in [1.165, 1.54) is 7.11 Å². The SMILES string of the molecule is CCC(C)(N)C(=O)NCc1ccc(C(=O)OC)cc1. The van der Waals surface area contributed by atoms with Crippen LogP contribution in [0.1, 0.15) is 36.2 Å². The van der Waals surface area contributed by atoms with Crippen LogP contribution in [-0.4, -0.2) is 24.5 Å². The molecule has 1 unspecified atom stereocenters. The first-order valence-electron chi connectivity index (χ1n) is 6.15. The van der Waals surface area contributed by atoms with Gasteiger partial charge in [0.1, 0.15) is 0 Å². The predicted molar refractivity (Wildman–Crippen MR) is 72.5 cm³/mol. The van der Waals surface area contributed by atoms with Gasteiger partial charge in [0.05, 0.1) is 18.2 Å². The lowest BCUT2D eigenvalue weighted by molar-refractivity contribution is -0.126. The highest BCUT2D eigenvalue weighted by Gasteiger charge is 2.25. The number of nitrogens with two attached hydrogens (primary N) is 1. The second-order valence-corrected chi connectivity index (χ2v) is 4.64. The summed E-state index contributed by atoms with van der Waals surface area (Å²) < 4.78 is 4.61. The minimum Gasteiger partial charge on any atom is -0.465 e. The Balaban J connectivity index is 2.60. The fourth-order valence-electron chi connectivity index (χ4n) is 1.42. The number of ether oxygens (including phenoxy) is 1. The molecule has 3 N–H and O–H groups in total. The van der Waals surface area contributed by atoms with E-state index in [2.05, 4.69) is 10.1 Å². The van der Waals surface area contributed by atoms with Crippen molar-refractivity contribution in [3.8, 4) is 0 Å². The van der Waals surface area contributed by atoms with Crippen LogP contribution in [0.3, 0.4) is 0 Å². The van der Waals surface area contributed by atoms with Gasteiger partial charge < -0.3 is 15.8 Å². The quantitative estimate of drug-likeness (QED) is 0.783. The van der Waals surface area contributed by atoms with Crippen LogP contribution >= 0.6 is 0 Å². The van der Waals surface area contributed by atoms with Gasteiger partial charge >= 0.3 is 5.97 Å². The molecular formula is C14H20N2O3. The maximum Gasteiger partial charge on any atom is 0.337 e. The number of esters is 1. The largest absolute Gasteiger partial charge is 0.465 e. The molecule has 1 aromatic carbocycles. The molecule has 0 spiro atoms. The summed E-state index contributed by atoms with van der Waals surface area (Å²) >= 11 is 0. The molecule has 1 rings (SSSR count). The van der Waals surface area contributed by atoms with Crippen molar-refractivity contribution < 1.29 is 14.3 Å². The molecule has 0 aliphatic carbocycles. The number of hydrogen-bond donors (Lipinski definition) is 2. The first-order chi connectivity index (χ1) is 8.90. The number of carbonyl (C=O) groups excluding carboxylic acids is 2. The van der Waals surface area contributed by atoms with Gasteiger partial charge in [-0.05, 0) is 31.0 Å². The summed E-state index contributed by atoms with van der Waals surface area (Å²) in [4.78, 5) is 23.0. The second-order valence-electron chi connectivity index (χ2n) is 4.64. The summed E-state index contributed by atoms with van der Waals surface area (Å²) in [5.74, 6) is -0.567. The Kier molecular flexibility index (Phi) is 5.06. The number of nitrogens with one attached hydrogen (secondary N) is 1. The standard InChI is InChI=1S/C14H20N2O3/c1-4-14(2,15)13(18)16-9-10-5-7-11(8-6-10)12(17)19-3/h5-8H,4,9,15H2,1-3H3,(H,16,18). The van der Waals surface area contributed by atoms with E-state index in [-0.39, 0.29) is 11.9 Å². The van der Waals surface area contributed by atoms with E-state index in [1.807, 2.05) is 6.92 Å². The maximum atomic E-state index is 11.8. The summed E-state index contributed by atoms with van der Waals surface area (Å²) in [5.41, 5.74) is 6.35. The summed E-state index contributed by atoms with van der Waals surface area (Å²) in [5, 5.41) is 2.77. The zero-order chi connectivity index (χ0) is 14.5. The lowest BCUT2D eigenvalue weighted by Crippen LogP contribution is -2.50. The average molecular weight is 264 g/mol. The molecule has 0 saturated heterocycles. The maximum absolute atomic E-state index is 11.8. The molecule has 5 nitrogen and oxygen atoms in total. The van der Waals surface area contributed by atoms with Gasteiger partial charge in [0.15, 0.2) is 0 Å². The van der Waals surface area contributed by atoms with E-state index in [4.69, 9.17) is 5.73 Å².